The van der Waals surface area contributed by atoms with Crippen molar-refractivity contribution in [1.82, 2.24) is 0 Å². The molecule has 0 unspecified atom stereocenters. The molecule has 4 heteroatoms. The summed E-state index contributed by atoms with van der Waals surface area (Å²) in [6.07, 6.45) is 3.65. The Hall–Kier alpha value is -2.23. The minimum absolute atomic E-state index is 0.364. The van der Waals surface area contributed by atoms with Crippen LogP contribution in [0.1, 0.15) is 19.4 Å². The molecule has 2 aromatic rings. The van der Waals surface area contributed by atoms with Crippen molar-refractivity contribution in [1.29, 1.82) is 0 Å². The van der Waals surface area contributed by atoms with E-state index in [1.54, 1.807) is 12.1 Å². The Morgan fingerprint density at radius 3 is 2.65 bits per heavy atom. The maximum absolute atomic E-state index is 12.0. The topological polar surface area (TPSA) is 42.7 Å². The van der Waals surface area contributed by atoms with Gasteiger partial charge in [-0.1, -0.05) is 0 Å². The number of hydrogen-bond donors (Lipinski definition) is 0. The minimum Gasteiger partial charge on any atom is -0.482 e. The van der Waals surface area contributed by atoms with E-state index in [0.717, 1.165) is 11.1 Å². The van der Waals surface area contributed by atoms with E-state index in [2.05, 4.69) is 0 Å². The molecule has 0 radical (unpaired) electrons. The molecule has 0 atom stereocenters. The largest absolute Gasteiger partial charge is 0.482 e. The standard InChI is InChI=1S/C16H17NO3/c1-16(2)8-7-11-14(20-16)12-9-10(17(3)4)5-6-13(12)19-15(11)18/h5-9H,1-4H3. The van der Waals surface area contributed by atoms with Crippen molar-refractivity contribution in [2.75, 3.05) is 19.0 Å². The molecule has 1 aromatic carbocycles. The predicted molar refractivity (Wildman–Crippen MR) is 80.6 cm³/mol. The summed E-state index contributed by atoms with van der Waals surface area (Å²) in [6.45, 7) is 3.92. The number of ether oxygens (including phenoxy) is 1. The molecule has 20 heavy (non-hydrogen) atoms. The summed E-state index contributed by atoms with van der Waals surface area (Å²) in [5, 5.41) is 0.822. The number of anilines is 1. The molecule has 1 aromatic heterocycles. The van der Waals surface area contributed by atoms with Crippen LogP contribution in [0.25, 0.3) is 17.0 Å². The third-order valence-electron chi connectivity index (χ3n) is 3.41. The summed E-state index contributed by atoms with van der Waals surface area (Å²) < 4.78 is 11.3. The quantitative estimate of drug-likeness (QED) is 0.748. The van der Waals surface area contributed by atoms with E-state index in [-0.39, 0.29) is 5.63 Å². The number of nitrogens with zero attached hydrogens (tertiary/aromatic N) is 1. The monoisotopic (exact) mass is 271 g/mol. The van der Waals surface area contributed by atoms with Crippen LogP contribution in [0.15, 0.2) is 33.5 Å². The maximum atomic E-state index is 12.0. The second kappa shape index (κ2) is 4.13. The summed E-state index contributed by atoms with van der Waals surface area (Å²) in [4.78, 5) is 14.0. The molecule has 0 bridgehead atoms. The Morgan fingerprint density at radius 1 is 1.20 bits per heavy atom. The number of fused-ring (bicyclic) bond motifs is 3. The van der Waals surface area contributed by atoms with Gasteiger partial charge in [-0.2, -0.15) is 0 Å². The Kier molecular flexibility index (Phi) is 2.64. The van der Waals surface area contributed by atoms with Gasteiger partial charge in [-0.05, 0) is 44.2 Å². The molecule has 0 saturated heterocycles. The van der Waals surface area contributed by atoms with Gasteiger partial charge in [0.25, 0.3) is 0 Å². The van der Waals surface area contributed by atoms with Crippen molar-refractivity contribution in [2.45, 2.75) is 19.4 Å². The van der Waals surface area contributed by atoms with E-state index in [1.807, 2.05) is 51.1 Å². The highest BCUT2D eigenvalue weighted by atomic mass is 16.5. The van der Waals surface area contributed by atoms with Crippen molar-refractivity contribution in [3.8, 4) is 5.75 Å². The van der Waals surface area contributed by atoms with Crippen LogP contribution >= 0.6 is 0 Å². The average Bonchev–Trinajstić information content (AvgIpc) is 2.37. The smallest absolute Gasteiger partial charge is 0.347 e. The van der Waals surface area contributed by atoms with Crippen LogP contribution in [0.4, 0.5) is 5.69 Å². The first-order valence-corrected chi connectivity index (χ1v) is 6.54. The van der Waals surface area contributed by atoms with Gasteiger partial charge in [-0.25, -0.2) is 4.79 Å². The maximum Gasteiger partial charge on any atom is 0.347 e. The van der Waals surface area contributed by atoms with Crippen LogP contribution in [0, 0.1) is 0 Å². The summed E-state index contributed by atoms with van der Waals surface area (Å²) >= 11 is 0. The zero-order chi connectivity index (χ0) is 14.5. The van der Waals surface area contributed by atoms with E-state index in [0.29, 0.717) is 16.9 Å². The molecule has 1 aliphatic heterocycles. The number of benzene rings is 1. The molecule has 4 nitrogen and oxygen atoms in total. The number of rotatable bonds is 1. The van der Waals surface area contributed by atoms with Gasteiger partial charge < -0.3 is 14.1 Å². The van der Waals surface area contributed by atoms with Crippen molar-refractivity contribution in [2.24, 2.45) is 0 Å². The lowest BCUT2D eigenvalue weighted by Gasteiger charge is -2.28. The fourth-order valence-electron chi connectivity index (χ4n) is 2.29. The molecular formula is C16H17NO3. The fourth-order valence-corrected chi connectivity index (χ4v) is 2.29. The molecular weight excluding hydrogens is 254 g/mol. The van der Waals surface area contributed by atoms with Crippen molar-refractivity contribution < 1.29 is 9.15 Å². The molecule has 0 N–H and O–H groups in total. The molecule has 3 rings (SSSR count). The summed E-state index contributed by atoms with van der Waals surface area (Å²) in [6, 6.07) is 5.70. The van der Waals surface area contributed by atoms with Crippen molar-refractivity contribution >= 4 is 22.7 Å². The number of hydrogen-bond acceptors (Lipinski definition) is 4. The second-order valence-corrected chi connectivity index (χ2v) is 5.75. The van der Waals surface area contributed by atoms with Crippen LogP contribution in [0.5, 0.6) is 5.75 Å². The lowest BCUT2D eigenvalue weighted by Crippen LogP contribution is -2.29. The zero-order valence-electron chi connectivity index (χ0n) is 12.1. The Morgan fingerprint density at radius 2 is 1.95 bits per heavy atom. The van der Waals surface area contributed by atoms with E-state index in [1.165, 1.54) is 0 Å². The van der Waals surface area contributed by atoms with Gasteiger partial charge in [0, 0.05) is 19.8 Å². The minimum atomic E-state index is -0.429. The molecule has 0 amide bonds. The van der Waals surface area contributed by atoms with Gasteiger partial charge in [0.1, 0.15) is 22.5 Å². The third-order valence-corrected chi connectivity index (χ3v) is 3.41. The molecule has 2 heterocycles. The molecule has 0 spiro atoms. The van der Waals surface area contributed by atoms with Gasteiger partial charge >= 0.3 is 5.63 Å². The second-order valence-electron chi connectivity index (χ2n) is 5.75. The highest BCUT2D eigenvalue weighted by Gasteiger charge is 2.26. The zero-order valence-corrected chi connectivity index (χ0v) is 12.1. The molecule has 0 aliphatic carbocycles. The first kappa shape index (κ1) is 12.8. The SMILES string of the molecule is CN(C)c1ccc2oc(=O)c3c(c2c1)OC(C)(C)C=C3. The normalized spacial score (nSPS) is 15.8. The Labute approximate surface area is 117 Å². The Bertz CT molecular complexity index is 769. The van der Waals surface area contributed by atoms with Crippen LogP contribution in [0.2, 0.25) is 0 Å². The molecule has 0 saturated carbocycles. The fraction of sp³-hybridized carbons (Fsp3) is 0.312. The van der Waals surface area contributed by atoms with E-state index in [4.69, 9.17) is 9.15 Å². The van der Waals surface area contributed by atoms with Crippen LogP contribution < -0.4 is 15.3 Å². The predicted octanol–water partition coefficient (Wildman–Crippen LogP) is 3.04. The average molecular weight is 271 g/mol. The highest BCUT2D eigenvalue weighted by Crippen LogP contribution is 2.36. The van der Waals surface area contributed by atoms with E-state index < -0.39 is 5.60 Å². The van der Waals surface area contributed by atoms with E-state index in [9.17, 15) is 4.79 Å². The van der Waals surface area contributed by atoms with Crippen LogP contribution in [-0.2, 0) is 0 Å². The van der Waals surface area contributed by atoms with Crippen molar-refractivity contribution in [3.05, 3.63) is 40.3 Å². The van der Waals surface area contributed by atoms with Gasteiger partial charge in [-0.3, -0.25) is 0 Å². The van der Waals surface area contributed by atoms with Gasteiger partial charge in [0.15, 0.2) is 0 Å². The summed E-state index contributed by atoms with van der Waals surface area (Å²) in [7, 11) is 3.94. The molecule has 0 fully saturated rings. The molecule has 104 valence electrons. The van der Waals surface area contributed by atoms with Gasteiger partial charge in [0.05, 0.1) is 5.39 Å². The van der Waals surface area contributed by atoms with Crippen LogP contribution in [-0.4, -0.2) is 19.7 Å². The summed E-state index contributed by atoms with van der Waals surface area (Å²) in [5.74, 6) is 0.604. The highest BCUT2D eigenvalue weighted by molar-refractivity contribution is 5.90. The Balaban J connectivity index is 2.35. The van der Waals surface area contributed by atoms with Gasteiger partial charge in [-0.15, -0.1) is 0 Å². The first-order valence-electron chi connectivity index (χ1n) is 6.54. The van der Waals surface area contributed by atoms with E-state index >= 15 is 0 Å². The summed E-state index contributed by atoms with van der Waals surface area (Å²) in [5.41, 5.74) is 1.27. The first-order chi connectivity index (χ1) is 9.37. The third kappa shape index (κ3) is 1.97. The van der Waals surface area contributed by atoms with Gasteiger partial charge in [0.2, 0.25) is 0 Å². The van der Waals surface area contributed by atoms with Crippen LogP contribution in [0.3, 0.4) is 0 Å². The lowest BCUT2D eigenvalue weighted by atomic mass is 10.0. The molecule has 1 aliphatic rings. The lowest BCUT2D eigenvalue weighted by molar-refractivity contribution is 0.160. The van der Waals surface area contributed by atoms with Crippen molar-refractivity contribution in [3.63, 3.8) is 0 Å².